The van der Waals surface area contributed by atoms with Gasteiger partial charge in [-0.15, -0.1) is 6.58 Å². The molecule has 9 nitrogen and oxygen atoms in total. The zero-order valence-electron chi connectivity index (χ0n) is 16.0. The van der Waals surface area contributed by atoms with Gasteiger partial charge >= 0.3 is 23.9 Å². The molecule has 1 fully saturated rings. The van der Waals surface area contributed by atoms with Gasteiger partial charge in [-0.3, -0.25) is 19.2 Å². The summed E-state index contributed by atoms with van der Waals surface area (Å²) in [5, 5.41) is 0. The van der Waals surface area contributed by atoms with Gasteiger partial charge in [0.1, 0.15) is 12.7 Å². The first kappa shape index (κ1) is 22.6. The van der Waals surface area contributed by atoms with E-state index in [4.69, 9.17) is 23.7 Å². The Balaban J connectivity index is 3.24. The van der Waals surface area contributed by atoms with Crippen molar-refractivity contribution in [2.75, 3.05) is 6.61 Å². The van der Waals surface area contributed by atoms with Crippen molar-refractivity contribution in [1.29, 1.82) is 0 Å². The molecule has 0 amide bonds. The van der Waals surface area contributed by atoms with Crippen molar-refractivity contribution in [1.82, 2.24) is 0 Å². The van der Waals surface area contributed by atoms with Gasteiger partial charge in [0.2, 0.25) is 0 Å². The predicted octanol–water partition coefficient (Wildman–Crippen LogP) is 1.08. The first-order valence-corrected chi connectivity index (χ1v) is 8.57. The molecule has 1 aliphatic rings. The summed E-state index contributed by atoms with van der Waals surface area (Å²) in [5.41, 5.74) is 0. The highest BCUT2D eigenvalue weighted by Gasteiger charge is 2.51. The van der Waals surface area contributed by atoms with Gasteiger partial charge in [-0.2, -0.15) is 0 Å². The van der Waals surface area contributed by atoms with Crippen molar-refractivity contribution in [2.24, 2.45) is 0 Å². The van der Waals surface area contributed by atoms with Crippen LogP contribution < -0.4 is 0 Å². The van der Waals surface area contributed by atoms with Gasteiger partial charge in [-0.05, 0) is 12.8 Å². The zero-order valence-corrected chi connectivity index (χ0v) is 16.0. The molecule has 152 valence electrons. The summed E-state index contributed by atoms with van der Waals surface area (Å²) in [5.74, 6) is -2.46. The fraction of sp³-hybridized carbons (Fsp3) is 0.667. The van der Waals surface area contributed by atoms with Gasteiger partial charge in [-0.1, -0.05) is 6.08 Å². The Morgan fingerprint density at radius 2 is 1.30 bits per heavy atom. The molecule has 0 aromatic rings. The molecule has 0 saturated carbocycles. The highest BCUT2D eigenvalue weighted by molar-refractivity contribution is 5.68. The van der Waals surface area contributed by atoms with Gasteiger partial charge in [0, 0.05) is 27.7 Å². The largest absolute Gasteiger partial charge is 0.463 e. The topological polar surface area (TPSA) is 114 Å². The Bertz CT molecular complexity index is 571. The van der Waals surface area contributed by atoms with Crippen molar-refractivity contribution in [2.45, 2.75) is 71.1 Å². The third-order valence-electron chi connectivity index (χ3n) is 3.74. The maximum absolute atomic E-state index is 11.6. The SMILES string of the molecule is C=CCC[C@@H]1O[C@H](COC(C)=O)[C@@H](OC(C)=O)[C@H](OC(C)=O)[C@H]1OC(C)=O. The van der Waals surface area contributed by atoms with Gasteiger partial charge in [0.15, 0.2) is 18.3 Å². The number of allylic oxidation sites excluding steroid dienone is 1. The van der Waals surface area contributed by atoms with Crippen LogP contribution >= 0.6 is 0 Å². The van der Waals surface area contributed by atoms with E-state index in [-0.39, 0.29) is 6.61 Å². The first-order chi connectivity index (χ1) is 12.6. The molecule has 0 aromatic carbocycles. The first-order valence-electron chi connectivity index (χ1n) is 8.57. The molecule has 0 aliphatic carbocycles. The Morgan fingerprint density at radius 1 is 0.815 bits per heavy atom. The molecule has 1 aliphatic heterocycles. The smallest absolute Gasteiger partial charge is 0.303 e. The average Bonchev–Trinajstić information content (AvgIpc) is 2.54. The number of hydrogen-bond acceptors (Lipinski definition) is 9. The van der Waals surface area contributed by atoms with Crippen LogP contribution in [0.5, 0.6) is 0 Å². The second-order valence-corrected chi connectivity index (χ2v) is 6.10. The summed E-state index contributed by atoms with van der Waals surface area (Å²) in [4.78, 5) is 45.9. The average molecular weight is 386 g/mol. The highest BCUT2D eigenvalue weighted by Crippen LogP contribution is 2.31. The van der Waals surface area contributed by atoms with Crippen molar-refractivity contribution in [3.63, 3.8) is 0 Å². The fourth-order valence-electron chi connectivity index (χ4n) is 2.83. The number of carbonyl (C=O) groups is 4. The normalized spacial score (nSPS) is 27.2. The number of carbonyl (C=O) groups excluding carboxylic acids is 4. The Kier molecular flexibility index (Phi) is 8.93. The minimum absolute atomic E-state index is 0.220. The van der Waals surface area contributed by atoms with E-state index in [9.17, 15) is 19.2 Å². The van der Waals surface area contributed by atoms with E-state index in [0.717, 1.165) is 0 Å². The third-order valence-corrected chi connectivity index (χ3v) is 3.74. The Morgan fingerprint density at radius 3 is 1.74 bits per heavy atom. The van der Waals surface area contributed by atoms with Crippen molar-refractivity contribution in [3.05, 3.63) is 12.7 Å². The second-order valence-electron chi connectivity index (χ2n) is 6.10. The van der Waals surface area contributed by atoms with E-state index >= 15 is 0 Å². The number of rotatable bonds is 8. The molecule has 1 heterocycles. The fourth-order valence-corrected chi connectivity index (χ4v) is 2.83. The van der Waals surface area contributed by atoms with Crippen molar-refractivity contribution in [3.8, 4) is 0 Å². The predicted molar refractivity (Wildman–Crippen MR) is 91.4 cm³/mol. The van der Waals surface area contributed by atoms with Crippen LogP contribution in [0.2, 0.25) is 0 Å². The molecular formula is C18H26O9. The zero-order chi connectivity index (χ0) is 20.6. The van der Waals surface area contributed by atoms with Crippen LogP contribution in [0.3, 0.4) is 0 Å². The molecule has 27 heavy (non-hydrogen) atoms. The molecule has 1 saturated heterocycles. The van der Waals surface area contributed by atoms with Crippen LogP contribution in [-0.4, -0.2) is 61.0 Å². The van der Waals surface area contributed by atoms with E-state index < -0.39 is 54.4 Å². The second kappa shape index (κ2) is 10.7. The summed E-state index contributed by atoms with van der Waals surface area (Å²) in [6, 6.07) is 0. The van der Waals surface area contributed by atoms with Crippen molar-refractivity contribution >= 4 is 23.9 Å². The van der Waals surface area contributed by atoms with E-state index in [1.807, 2.05) is 0 Å². The molecule has 0 aromatic heterocycles. The minimum atomic E-state index is -1.12. The highest BCUT2D eigenvalue weighted by atomic mass is 16.7. The number of esters is 4. The molecule has 0 radical (unpaired) electrons. The lowest BCUT2D eigenvalue weighted by Crippen LogP contribution is -2.62. The molecular weight excluding hydrogens is 360 g/mol. The monoisotopic (exact) mass is 386 g/mol. The molecule has 9 heteroatoms. The van der Waals surface area contributed by atoms with Gasteiger partial charge in [0.25, 0.3) is 0 Å². The lowest BCUT2D eigenvalue weighted by Gasteiger charge is -2.44. The quantitative estimate of drug-likeness (QED) is 0.343. The summed E-state index contributed by atoms with van der Waals surface area (Å²) >= 11 is 0. The lowest BCUT2D eigenvalue weighted by atomic mass is 9.92. The van der Waals surface area contributed by atoms with E-state index in [2.05, 4.69) is 6.58 Å². The Hall–Kier alpha value is -2.42. The number of hydrogen-bond donors (Lipinski definition) is 0. The van der Waals surface area contributed by atoms with Gasteiger partial charge in [-0.25, -0.2) is 0 Å². The summed E-state index contributed by atoms with van der Waals surface area (Å²) < 4.78 is 26.8. The van der Waals surface area contributed by atoms with Crippen LogP contribution in [0.15, 0.2) is 12.7 Å². The van der Waals surface area contributed by atoms with E-state index in [1.165, 1.54) is 27.7 Å². The van der Waals surface area contributed by atoms with Crippen LogP contribution in [0.1, 0.15) is 40.5 Å². The van der Waals surface area contributed by atoms with Crippen molar-refractivity contribution < 1.29 is 42.9 Å². The standard InChI is InChI=1S/C18H26O9/c1-6-7-8-14-16(24-11(3)20)18(26-13(5)22)17(25-12(4)21)15(27-14)9-23-10(2)19/h6,14-18H,1,7-9H2,2-5H3/t14-,15+,16-,17+,18+/m0/s1. The maximum Gasteiger partial charge on any atom is 0.303 e. The summed E-state index contributed by atoms with van der Waals surface area (Å²) in [6.45, 7) is 8.22. The molecule has 0 N–H and O–H groups in total. The van der Waals surface area contributed by atoms with Gasteiger partial charge < -0.3 is 23.7 Å². The summed E-state index contributed by atoms with van der Waals surface area (Å²) in [7, 11) is 0. The van der Waals surface area contributed by atoms with E-state index in [1.54, 1.807) is 6.08 Å². The molecule has 5 atom stereocenters. The summed E-state index contributed by atoms with van der Waals surface area (Å²) in [6.07, 6.45) is -2.20. The van der Waals surface area contributed by atoms with Crippen LogP contribution in [-0.2, 0) is 42.9 Å². The minimum Gasteiger partial charge on any atom is -0.463 e. The lowest BCUT2D eigenvalue weighted by molar-refractivity contribution is -0.253. The van der Waals surface area contributed by atoms with Crippen LogP contribution in [0, 0.1) is 0 Å². The third kappa shape index (κ3) is 7.38. The maximum atomic E-state index is 11.6. The van der Waals surface area contributed by atoms with E-state index in [0.29, 0.717) is 12.8 Å². The van der Waals surface area contributed by atoms with Crippen LogP contribution in [0.4, 0.5) is 0 Å². The van der Waals surface area contributed by atoms with Gasteiger partial charge in [0.05, 0.1) is 6.10 Å². The van der Waals surface area contributed by atoms with Crippen LogP contribution in [0.25, 0.3) is 0 Å². The Labute approximate surface area is 157 Å². The number of ether oxygens (including phenoxy) is 5. The molecule has 0 spiro atoms. The molecule has 0 bridgehead atoms. The molecule has 1 rings (SSSR count). The molecule has 0 unspecified atom stereocenters.